The number of methoxy groups -OCH3 is 2. The number of esters is 1. The molecule has 0 amide bonds. The topological polar surface area (TPSA) is 75.3 Å². The molecule has 3 heterocycles. The van der Waals surface area contributed by atoms with E-state index >= 15 is 0 Å². The van der Waals surface area contributed by atoms with Gasteiger partial charge < -0.3 is 29.0 Å². The van der Waals surface area contributed by atoms with Gasteiger partial charge >= 0.3 is 5.97 Å². The van der Waals surface area contributed by atoms with Gasteiger partial charge in [-0.05, 0) is 44.0 Å². The van der Waals surface area contributed by atoms with Crippen LogP contribution in [0.2, 0.25) is 0 Å². The summed E-state index contributed by atoms with van der Waals surface area (Å²) in [4.78, 5) is 12.4. The van der Waals surface area contributed by atoms with Crippen molar-refractivity contribution in [1.29, 1.82) is 0 Å². The van der Waals surface area contributed by atoms with E-state index < -0.39 is 5.41 Å². The molecular formula is C21H25NO6. The summed E-state index contributed by atoms with van der Waals surface area (Å²) in [6.07, 6.45) is 4.71. The highest BCUT2D eigenvalue weighted by atomic mass is 16.7. The van der Waals surface area contributed by atoms with E-state index in [1.54, 1.807) is 20.3 Å². The molecule has 7 heteroatoms. The predicted octanol–water partition coefficient (Wildman–Crippen LogP) is 2.65. The van der Waals surface area contributed by atoms with Gasteiger partial charge in [0.1, 0.15) is 17.3 Å². The van der Waals surface area contributed by atoms with Crippen LogP contribution in [0.25, 0.3) is 0 Å². The summed E-state index contributed by atoms with van der Waals surface area (Å²) in [5.41, 5.74) is 1.45. The van der Waals surface area contributed by atoms with E-state index in [0.717, 1.165) is 24.1 Å². The molecule has 3 aliphatic heterocycles. The molecule has 1 saturated heterocycles. The Morgan fingerprint density at radius 1 is 1.43 bits per heavy atom. The van der Waals surface area contributed by atoms with Crippen LogP contribution in [0.1, 0.15) is 30.5 Å². The Hall–Kier alpha value is -2.67. The van der Waals surface area contributed by atoms with Gasteiger partial charge in [-0.2, -0.15) is 0 Å². The lowest BCUT2D eigenvalue weighted by Gasteiger charge is -2.49. The van der Waals surface area contributed by atoms with Gasteiger partial charge in [0.05, 0.1) is 20.3 Å². The minimum absolute atomic E-state index is 0.178. The second-order valence-electron chi connectivity index (χ2n) is 7.42. The highest BCUT2D eigenvalue weighted by molar-refractivity contribution is 5.83. The number of carbonyl (C=O) groups excluding carboxylic acids is 1. The third-order valence-electron chi connectivity index (χ3n) is 5.76. The Morgan fingerprint density at radius 3 is 2.96 bits per heavy atom. The number of nitrogens with one attached hydrogen (secondary N) is 1. The highest BCUT2D eigenvalue weighted by Gasteiger charge is 2.58. The van der Waals surface area contributed by atoms with E-state index in [1.807, 2.05) is 19.1 Å². The van der Waals surface area contributed by atoms with Crippen LogP contribution in [0, 0.1) is 5.41 Å². The number of cyclic esters (lactones) is 1. The monoisotopic (exact) mass is 387 g/mol. The van der Waals surface area contributed by atoms with Gasteiger partial charge in [-0.25, -0.2) is 0 Å². The molecule has 0 aromatic heterocycles. The molecule has 1 fully saturated rings. The van der Waals surface area contributed by atoms with E-state index in [1.165, 1.54) is 0 Å². The summed E-state index contributed by atoms with van der Waals surface area (Å²) >= 11 is 0. The van der Waals surface area contributed by atoms with Crippen molar-refractivity contribution in [3.8, 4) is 17.2 Å². The Balaban J connectivity index is 1.67. The van der Waals surface area contributed by atoms with Crippen molar-refractivity contribution in [3.63, 3.8) is 0 Å². The van der Waals surface area contributed by atoms with Crippen LogP contribution in [0.3, 0.4) is 0 Å². The molecule has 0 bridgehead atoms. The van der Waals surface area contributed by atoms with Crippen LogP contribution >= 0.6 is 0 Å². The third kappa shape index (κ3) is 2.81. The summed E-state index contributed by atoms with van der Waals surface area (Å²) in [5.74, 6) is 2.29. The lowest BCUT2D eigenvalue weighted by molar-refractivity contribution is -0.209. The molecule has 3 unspecified atom stereocenters. The van der Waals surface area contributed by atoms with Gasteiger partial charge in [-0.1, -0.05) is 12.7 Å². The number of ether oxygens (including phenoxy) is 5. The smallest absolute Gasteiger partial charge is 0.316 e. The summed E-state index contributed by atoms with van der Waals surface area (Å²) < 4.78 is 27.6. The van der Waals surface area contributed by atoms with Crippen molar-refractivity contribution in [2.45, 2.75) is 31.9 Å². The molecule has 150 valence electrons. The number of allylic oxidation sites excluding steroid dienone is 2. The zero-order valence-corrected chi connectivity index (χ0v) is 16.4. The Morgan fingerprint density at radius 2 is 2.25 bits per heavy atom. The molecule has 1 aromatic rings. The minimum Gasteiger partial charge on any atom is -0.497 e. The van der Waals surface area contributed by atoms with Crippen LogP contribution in [-0.4, -0.2) is 39.6 Å². The molecule has 1 N–H and O–H groups in total. The van der Waals surface area contributed by atoms with Crippen molar-refractivity contribution in [1.82, 2.24) is 5.32 Å². The SMILES string of the molecule is C=C(/C=C\CC1(C)C(=O)OC1C1NCCc2cc3c(c(OC)c21)OCO3)OC. The van der Waals surface area contributed by atoms with Gasteiger partial charge in [0.2, 0.25) is 12.5 Å². The fourth-order valence-corrected chi connectivity index (χ4v) is 4.13. The van der Waals surface area contributed by atoms with Crippen LogP contribution in [0.15, 0.2) is 30.6 Å². The molecule has 0 saturated carbocycles. The predicted molar refractivity (Wildman–Crippen MR) is 101 cm³/mol. The van der Waals surface area contributed by atoms with Crippen molar-refractivity contribution in [2.75, 3.05) is 27.6 Å². The second-order valence-corrected chi connectivity index (χ2v) is 7.42. The summed E-state index contributed by atoms with van der Waals surface area (Å²) in [5, 5.41) is 3.51. The maximum Gasteiger partial charge on any atom is 0.316 e. The fraction of sp³-hybridized carbons (Fsp3) is 0.476. The number of hydrogen-bond acceptors (Lipinski definition) is 7. The average Bonchev–Trinajstić information content (AvgIpc) is 3.17. The molecule has 28 heavy (non-hydrogen) atoms. The first-order valence-electron chi connectivity index (χ1n) is 9.33. The molecule has 3 atom stereocenters. The van der Waals surface area contributed by atoms with Gasteiger partial charge in [-0.3, -0.25) is 4.79 Å². The van der Waals surface area contributed by atoms with Gasteiger partial charge in [0.25, 0.3) is 0 Å². The maximum absolute atomic E-state index is 12.4. The molecule has 4 rings (SSSR count). The quantitative estimate of drug-likeness (QED) is 0.457. The molecule has 1 aromatic carbocycles. The maximum atomic E-state index is 12.4. The number of benzene rings is 1. The average molecular weight is 387 g/mol. The van der Waals surface area contributed by atoms with E-state index in [4.69, 9.17) is 23.7 Å². The zero-order valence-electron chi connectivity index (χ0n) is 16.4. The lowest BCUT2D eigenvalue weighted by Crippen LogP contribution is -2.60. The summed E-state index contributed by atoms with van der Waals surface area (Å²) in [6.45, 7) is 6.66. The van der Waals surface area contributed by atoms with Crippen molar-refractivity contribution >= 4 is 5.97 Å². The van der Waals surface area contributed by atoms with Crippen molar-refractivity contribution < 1.29 is 28.5 Å². The third-order valence-corrected chi connectivity index (χ3v) is 5.76. The van der Waals surface area contributed by atoms with Crippen molar-refractivity contribution in [3.05, 3.63) is 41.7 Å². The van der Waals surface area contributed by atoms with Crippen LogP contribution in [-0.2, 0) is 20.7 Å². The van der Waals surface area contributed by atoms with Crippen molar-refractivity contribution in [2.24, 2.45) is 5.41 Å². The number of carbonyl (C=O) groups is 1. The standard InChI is InChI=1S/C21H25NO6/c1-12(24-3)6-5-8-21(2)19(28-20(21)23)16-15-13(7-9-22-16)10-14-17(18(15)25-4)27-11-26-14/h5-6,10,16,19,22H,1,7-9,11H2,2-4H3/b6-5-. The highest BCUT2D eigenvalue weighted by Crippen LogP contribution is 2.53. The van der Waals surface area contributed by atoms with E-state index in [2.05, 4.69) is 11.9 Å². The summed E-state index contributed by atoms with van der Waals surface area (Å²) in [6, 6.07) is 1.82. The fourth-order valence-electron chi connectivity index (χ4n) is 4.13. The largest absolute Gasteiger partial charge is 0.497 e. The van der Waals surface area contributed by atoms with Gasteiger partial charge in [0, 0.05) is 5.56 Å². The minimum atomic E-state index is -0.655. The molecular weight excluding hydrogens is 362 g/mol. The van der Waals surface area contributed by atoms with Gasteiger partial charge in [0.15, 0.2) is 11.5 Å². The molecule has 0 radical (unpaired) electrons. The number of fused-ring (bicyclic) bond motifs is 2. The Kier molecular flexibility index (Phi) is 4.71. The summed E-state index contributed by atoms with van der Waals surface area (Å²) in [7, 11) is 3.18. The van der Waals surface area contributed by atoms with E-state index in [0.29, 0.717) is 29.4 Å². The zero-order chi connectivity index (χ0) is 19.9. The number of hydrogen-bond donors (Lipinski definition) is 1. The lowest BCUT2D eigenvalue weighted by atomic mass is 9.70. The van der Waals surface area contributed by atoms with Crippen LogP contribution in [0.5, 0.6) is 17.2 Å². The Labute approximate surface area is 164 Å². The van der Waals surface area contributed by atoms with Crippen LogP contribution < -0.4 is 19.5 Å². The van der Waals surface area contributed by atoms with E-state index in [9.17, 15) is 4.79 Å². The molecule has 3 aliphatic rings. The molecule has 7 nitrogen and oxygen atoms in total. The first-order chi connectivity index (χ1) is 13.5. The normalized spacial score (nSPS) is 27.8. The Bertz CT molecular complexity index is 848. The first kappa shape index (κ1) is 18.7. The van der Waals surface area contributed by atoms with Crippen LogP contribution in [0.4, 0.5) is 0 Å². The van der Waals surface area contributed by atoms with Gasteiger partial charge in [-0.15, -0.1) is 0 Å². The second kappa shape index (κ2) is 7.05. The molecule has 0 spiro atoms. The number of rotatable bonds is 6. The molecule has 0 aliphatic carbocycles. The van der Waals surface area contributed by atoms with E-state index in [-0.39, 0.29) is 24.9 Å². The first-order valence-corrected chi connectivity index (χ1v) is 9.33.